The number of hydrogen-bond donors (Lipinski definition) is 1. The minimum absolute atomic E-state index is 0.180. The molecule has 3 rings (SSSR count). The first-order valence-electron chi connectivity index (χ1n) is 5.94. The summed E-state index contributed by atoms with van der Waals surface area (Å²) in [4.78, 5) is 0. The molecule has 0 amide bonds. The summed E-state index contributed by atoms with van der Waals surface area (Å²) in [6.45, 7) is 0. The van der Waals surface area contributed by atoms with E-state index in [4.69, 9.17) is 15.2 Å². The van der Waals surface area contributed by atoms with Gasteiger partial charge in [0.1, 0.15) is 6.10 Å². The van der Waals surface area contributed by atoms with Crippen molar-refractivity contribution in [2.45, 2.75) is 24.5 Å². The van der Waals surface area contributed by atoms with Crippen molar-refractivity contribution < 1.29 is 9.47 Å². The number of nitrogens with two attached hydrogens (primary N) is 1. The van der Waals surface area contributed by atoms with Crippen LogP contribution in [0.25, 0.3) is 0 Å². The third-order valence-corrected chi connectivity index (χ3v) is 4.63. The van der Waals surface area contributed by atoms with Crippen molar-refractivity contribution in [2.24, 2.45) is 5.73 Å². The molecule has 1 heterocycles. The first-order valence-corrected chi connectivity index (χ1v) is 7.09. The van der Waals surface area contributed by atoms with Crippen molar-refractivity contribution in [3.8, 4) is 11.5 Å². The molecule has 3 nitrogen and oxygen atoms in total. The minimum Gasteiger partial charge on any atom is -0.493 e. The van der Waals surface area contributed by atoms with Crippen LogP contribution in [0.5, 0.6) is 11.5 Å². The molecule has 17 heavy (non-hydrogen) atoms. The molecule has 1 saturated carbocycles. The fourth-order valence-electron chi connectivity index (χ4n) is 2.04. The zero-order chi connectivity index (χ0) is 11.9. The molecule has 1 aromatic carbocycles. The van der Waals surface area contributed by atoms with Crippen molar-refractivity contribution in [1.29, 1.82) is 0 Å². The summed E-state index contributed by atoms with van der Waals surface area (Å²) in [6.07, 6.45) is 2.39. The van der Waals surface area contributed by atoms with Crippen LogP contribution in [-0.4, -0.2) is 24.7 Å². The average molecular weight is 251 g/mol. The monoisotopic (exact) mass is 251 g/mol. The molecule has 1 aliphatic heterocycles. The highest BCUT2D eigenvalue weighted by molar-refractivity contribution is 8.00. The quantitative estimate of drug-likeness (QED) is 0.890. The van der Waals surface area contributed by atoms with Gasteiger partial charge in [0.25, 0.3) is 0 Å². The second-order valence-electron chi connectivity index (χ2n) is 4.77. The standard InChI is InChI=1S/C13H17NO2S/c1-15-11-4-2-3-10(13(14)5-6-13)12(11)16-9-7-17-8-9/h2-4,9H,5-8,14H2,1H3. The van der Waals surface area contributed by atoms with Crippen LogP contribution in [0, 0.1) is 0 Å². The first-order chi connectivity index (χ1) is 8.23. The Bertz CT molecular complexity index is 427. The molecular formula is C13H17NO2S. The van der Waals surface area contributed by atoms with Crippen molar-refractivity contribution in [2.75, 3.05) is 18.6 Å². The molecule has 2 N–H and O–H groups in total. The van der Waals surface area contributed by atoms with Crippen LogP contribution < -0.4 is 15.2 Å². The van der Waals surface area contributed by atoms with Crippen molar-refractivity contribution >= 4 is 11.8 Å². The highest BCUT2D eigenvalue weighted by Gasteiger charge is 2.43. The maximum Gasteiger partial charge on any atom is 0.166 e. The molecule has 0 spiro atoms. The maximum atomic E-state index is 6.29. The van der Waals surface area contributed by atoms with E-state index < -0.39 is 0 Å². The molecular weight excluding hydrogens is 234 g/mol. The van der Waals surface area contributed by atoms with Gasteiger partial charge in [0.15, 0.2) is 11.5 Å². The Balaban J connectivity index is 1.95. The third-order valence-electron chi connectivity index (χ3n) is 3.42. The van der Waals surface area contributed by atoms with Crippen molar-refractivity contribution in [1.82, 2.24) is 0 Å². The fraction of sp³-hybridized carbons (Fsp3) is 0.538. The van der Waals surface area contributed by atoms with E-state index in [1.54, 1.807) is 7.11 Å². The van der Waals surface area contributed by atoms with E-state index in [2.05, 4.69) is 6.07 Å². The largest absolute Gasteiger partial charge is 0.493 e. The second-order valence-corrected chi connectivity index (χ2v) is 5.85. The zero-order valence-electron chi connectivity index (χ0n) is 9.94. The van der Waals surface area contributed by atoms with Crippen LogP contribution in [0.3, 0.4) is 0 Å². The second kappa shape index (κ2) is 4.10. The van der Waals surface area contributed by atoms with E-state index >= 15 is 0 Å². The van der Waals surface area contributed by atoms with Gasteiger partial charge in [0.2, 0.25) is 0 Å². The Morgan fingerprint density at radius 1 is 1.35 bits per heavy atom. The Hall–Kier alpha value is -0.870. The normalized spacial score (nSPS) is 21.8. The van der Waals surface area contributed by atoms with Crippen LogP contribution in [-0.2, 0) is 5.54 Å². The summed E-state index contributed by atoms with van der Waals surface area (Å²) in [5.41, 5.74) is 7.21. The number of para-hydroxylation sites is 1. The van der Waals surface area contributed by atoms with Crippen LogP contribution >= 0.6 is 11.8 Å². The molecule has 0 aromatic heterocycles. The molecule has 0 radical (unpaired) electrons. The Labute approximate surface area is 106 Å². The van der Waals surface area contributed by atoms with E-state index in [9.17, 15) is 0 Å². The minimum atomic E-state index is -0.180. The van der Waals surface area contributed by atoms with Gasteiger partial charge in [-0.15, -0.1) is 0 Å². The maximum absolute atomic E-state index is 6.29. The van der Waals surface area contributed by atoms with Crippen LogP contribution in [0.2, 0.25) is 0 Å². The molecule has 2 fully saturated rings. The van der Waals surface area contributed by atoms with Gasteiger partial charge >= 0.3 is 0 Å². The Morgan fingerprint density at radius 3 is 2.65 bits per heavy atom. The van der Waals surface area contributed by atoms with Crippen LogP contribution in [0.1, 0.15) is 18.4 Å². The average Bonchev–Trinajstić information content (AvgIpc) is 3.02. The number of benzene rings is 1. The van der Waals surface area contributed by atoms with Gasteiger partial charge < -0.3 is 15.2 Å². The fourth-order valence-corrected chi connectivity index (χ4v) is 2.61. The molecule has 2 aliphatic rings. The number of thioether (sulfide) groups is 1. The molecule has 4 heteroatoms. The highest BCUT2D eigenvalue weighted by Crippen LogP contribution is 2.49. The summed E-state index contributed by atoms with van der Waals surface area (Å²) in [6, 6.07) is 6.00. The number of ether oxygens (including phenoxy) is 2. The molecule has 0 unspecified atom stereocenters. The van der Waals surface area contributed by atoms with E-state index in [1.807, 2.05) is 23.9 Å². The lowest BCUT2D eigenvalue weighted by Gasteiger charge is -2.29. The van der Waals surface area contributed by atoms with Crippen molar-refractivity contribution in [3.63, 3.8) is 0 Å². The lowest BCUT2D eigenvalue weighted by atomic mass is 10.0. The molecule has 92 valence electrons. The summed E-state index contributed by atoms with van der Waals surface area (Å²) >= 11 is 1.91. The first kappa shape index (κ1) is 11.2. The van der Waals surface area contributed by atoms with Gasteiger partial charge in [-0.2, -0.15) is 11.8 Å². The van der Waals surface area contributed by atoms with Crippen LogP contribution in [0.4, 0.5) is 0 Å². The molecule has 0 bridgehead atoms. The van der Waals surface area contributed by atoms with E-state index in [1.165, 1.54) is 0 Å². The van der Waals surface area contributed by atoms with E-state index in [0.29, 0.717) is 6.10 Å². The smallest absolute Gasteiger partial charge is 0.166 e. The zero-order valence-corrected chi connectivity index (χ0v) is 10.8. The SMILES string of the molecule is COc1cccc(C2(N)CC2)c1OC1CSC1. The predicted octanol–water partition coefficient (Wildman–Crippen LogP) is 2.14. The van der Waals surface area contributed by atoms with Crippen LogP contribution in [0.15, 0.2) is 18.2 Å². The number of hydrogen-bond acceptors (Lipinski definition) is 4. The van der Waals surface area contributed by atoms with Gasteiger partial charge in [-0.05, 0) is 18.9 Å². The molecule has 1 aromatic rings. The molecule has 0 atom stereocenters. The summed E-state index contributed by atoms with van der Waals surface area (Å²) < 4.78 is 11.4. The van der Waals surface area contributed by atoms with E-state index in [0.717, 1.165) is 41.4 Å². The number of methoxy groups -OCH3 is 1. The summed E-state index contributed by atoms with van der Waals surface area (Å²) in [5.74, 6) is 3.79. The van der Waals surface area contributed by atoms with Gasteiger partial charge in [0, 0.05) is 22.6 Å². The molecule has 1 aliphatic carbocycles. The Kier molecular flexibility index (Phi) is 2.71. The highest BCUT2D eigenvalue weighted by atomic mass is 32.2. The van der Waals surface area contributed by atoms with Crippen molar-refractivity contribution in [3.05, 3.63) is 23.8 Å². The summed E-state index contributed by atoms with van der Waals surface area (Å²) in [7, 11) is 1.68. The lowest BCUT2D eigenvalue weighted by Crippen LogP contribution is -2.32. The Morgan fingerprint density at radius 2 is 2.12 bits per heavy atom. The van der Waals surface area contributed by atoms with Gasteiger partial charge in [-0.3, -0.25) is 0 Å². The van der Waals surface area contributed by atoms with E-state index in [-0.39, 0.29) is 5.54 Å². The number of rotatable bonds is 4. The van der Waals surface area contributed by atoms with Gasteiger partial charge in [0.05, 0.1) is 7.11 Å². The predicted molar refractivity (Wildman–Crippen MR) is 69.8 cm³/mol. The summed E-state index contributed by atoms with van der Waals surface area (Å²) in [5, 5.41) is 0. The lowest BCUT2D eigenvalue weighted by molar-refractivity contribution is 0.224. The van der Waals surface area contributed by atoms with Gasteiger partial charge in [-0.25, -0.2) is 0 Å². The van der Waals surface area contributed by atoms with Gasteiger partial charge in [-0.1, -0.05) is 12.1 Å². The topological polar surface area (TPSA) is 44.5 Å². The molecule has 1 saturated heterocycles. The third kappa shape index (κ3) is 2.00.